The Morgan fingerprint density at radius 2 is 2.44 bits per heavy atom. The average molecular weight is 238 g/mol. The first-order valence-electron chi connectivity index (χ1n) is 5.74. The summed E-state index contributed by atoms with van der Waals surface area (Å²) in [6, 6.07) is 0. The lowest BCUT2D eigenvalue weighted by Gasteiger charge is -2.46. The zero-order chi connectivity index (χ0) is 11.0. The Morgan fingerprint density at radius 3 is 3.06 bits per heavy atom. The molecular weight excluding hydrogens is 224 g/mol. The van der Waals surface area contributed by atoms with Gasteiger partial charge in [-0.3, -0.25) is 4.79 Å². The zero-order valence-corrected chi connectivity index (χ0v) is 9.83. The molecule has 0 bridgehead atoms. The van der Waals surface area contributed by atoms with E-state index in [0.717, 1.165) is 25.7 Å². The molecule has 0 N–H and O–H groups in total. The molecular formula is C11H14N2O2S. The van der Waals surface area contributed by atoms with E-state index in [2.05, 4.69) is 9.59 Å². The van der Waals surface area contributed by atoms with Crippen LogP contribution in [0.3, 0.4) is 0 Å². The van der Waals surface area contributed by atoms with Crippen molar-refractivity contribution in [3.8, 4) is 0 Å². The quantitative estimate of drug-likeness (QED) is 0.740. The van der Waals surface area contributed by atoms with E-state index in [4.69, 9.17) is 4.74 Å². The molecule has 5 heteroatoms. The lowest BCUT2D eigenvalue weighted by molar-refractivity contribution is -0.137. The third kappa shape index (κ3) is 1.68. The van der Waals surface area contributed by atoms with Crippen LogP contribution >= 0.6 is 11.5 Å². The molecule has 2 aliphatic rings. The molecule has 0 aromatic carbocycles. The first-order chi connectivity index (χ1) is 7.79. The van der Waals surface area contributed by atoms with Gasteiger partial charge in [0, 0.05) is 17.9 Å². The Kier molecular flexibility index (Phi) is 2.52. The highest BCUT2D eigenvalue weighted by molar-refractivity contribution is 7.03. The number of ether oxygens (including phenoxy) is 1. The minimum Gasteiger partial charge on any atom is -0.375 e. The topological polar surface area (TPSA) is 52.1 Å². The number of aromatic nitrogens is 2. The molecule has 1 aromatic rings. The van der Waals surface area contributed by atoms with E-state index in [-0.39, 0.29) is 17.3 Å². The zero-order valence-electron chi connectivity index (χ0n) is 9.02. The first kappa shape index (κ1) is 10.4. The van der Waals surface area contributed by atoms with Crippen molar-refractivity contribution in [2.24, 2.45) is 5.92 Å². The molecule has 2 fully saturated rings. The van der Waals surface area contributed by atoms with Gasteiger partial charge in [0.15, 0.2) is 5.78 Å². The van der Waals surface area contributed by atoms with Crippen LogP contribution in [-0.4, -0.2) is 27.6 Å². The molecule has 4 nitrogen and oxygen atoms in total. The summed E-state index contributed by atoms with van der Waals surface area (Å²) in [6.07, 6.45) is 5.18. The van der Waals surface area contributed by atoms with E-state index in [1.807, 2.05) is 0 Å². The highest BCUT2D eigenvalue weighted by atomic mass is 32.1. The van der Waals surface area contributed by atoms with Crippen LogP contribution in [0.5, 0.6) is 0 Å². The maximum Gasteiger partial charge on any atom is 0.187 e. The standard InChI is InChI=1S/C11H14N2O2S/c14-10(9-7-16-13-12-9)8-2-5-15-11(6-8)3-1-4-11/h7-8H,1-6H2. The predicted molar refractivity (Wildman–Crippen MR) is 59.5 cm³/mol. The summed E-state index contributed by atoms with van der Waals surface area (Å²) in [4.78, 5) is 12.1. The number of Topliss-reactive ketones (excluding diaryl/α,β-unsaturated/α-hetero) is 1. The number of rotatable bonds is 2. The van der Waals surface area contributed by atoms with Crippen molar-refractivity contribution in [1.29, 1.82) is 0 Å². The fourth-order valence-electron chi connectivity index (χ4n) is 2.65. The van der Waals surface area contributed by atoms with Gasteiger partial charge in [-0.15, -0.1) is 5.10 Å². The molecule has 0 radical (unpaired) electrons. The van der Waals surface area contributed by atoms with Gasteiger partial charge in [-0.1, -0.05) is 4.49 Å². The van der Waals surface area contributed by atoms with Crippen LogP contribution in [-0.2, 0) is 4.74 Å². The van der Waals surface area contributed by atoms with E-state index in [9.17, 15) is 4.79 Å². The van der Waals surface area contributed by atoms with E-state index in [0.29, 0.717) is 12.3 Å². The van der Waals surface area contributed by atoms with Crippen LogP contribution in [0.4, 0.5) is 0 Å². The van der Waals surface area contributed by atoms with Crippen molar-refractivity contribution < 1.29 is 9.53 Å². The third-order valence-corrected chi connectivity index (χ3v) is 4.25. The normalized spacial score (nSPS) is 27.6. The first-order valence-corrected chi connectivity index (χ1v) is 6.58. The van der Waals surface area contributed by atoms with Crippen molar-refractivity contribution in [2.75, 3.05) is 6.61 Å². The van der Waals surface area contributed by atoms with Crippen molar-refractivity contribution >= 4 is 17.3 Å². The summed E-state index contributed by atoms with van der Waals surface area (Å²) in [5, 5.41) is 5.60. The lowest BCUT2D eigenvalue weighted by atomic mass is 9.71. The Bertz CT molecular complexity index is 387. The van der Waals surface area contributed by atoms with Crippen LogP contribution in [0.15, 0.2) is 5.38 Å². The van der Waals surface area contributed by atoms with Crippen molar-refractivity contribution in [3.05, 3.63) is 11.1 Å². The summed E-state index contributed by atoms with van der Waals surface area (Å²) < 4.78 is 9.56. The van der Waals surface area contributed by atoms with Gasteiger partial charge >= 0.3 is 0 Å². The molecule has 3 rings (SSSR count). The summed E-state index contributed by atoms with van der Waals surface area (Å²) in [5.41, 5.74) is 0.563. The van der Waals surface area contributed by atoms with Gasteiger partial charge < -0.3 is 4.74 Å². The van der Waals surface area contributed by atoms with Crippen LogP contribution < -0.4 is 0 Å². The minimum absolute atomic E-state index is 0.0298. The number of nitrogens with zero attached hydrogens (tertiary/aromatic N) is 2. The van der Waals surface area contributed by atoms with E-state index >= 15 is 0 Å². The fraction of sp³-hybridized carbons (Fsp3) is 0.727. The van der Waals surface area contributed by atoms with Crippen LogP contribution in [0.1, 0.15) is 42.6 Å². The smallest absolute Gasteiger partial charge is 0.187 e. The van der Waals surface area contributed by atoms with Gasteiger partial charge in [0.05, 0.1) is 5.60 Å². The van der Waals surface area contributed by atoms with Gasteiger partial charge in [0.2, 0.25) is 0 Å². The number of carbonyl (C=O) groups is 1. The second-order valence-electron chi connectivity index (χ2n) is 4.73. The van der Waals surface area contributed by atoms with Crippen LogP contribution in [0.25, 0.3) is 0 Å². The Balaban J connectivity index is 1.73. The predicted octanol–water partition coefficient (Wildman–Crippen LogP) is 2.07. The number of carbonyl (C=O) groups excluding carboxylic acids is 1. The molecule has 1 spiro atoms. The summed E-state index contributed by atoms with van der Waals surface area (Å²) >= 11 is 1.24. The summed E-state index contributed by atoms with van der Waals surface area (Å²) in [6.45, 7) is 0.716. The molecule has 1 saturated carbocycles. The van der Waals surface area contributed by atoms with Gasteiger partial charge in [-0.05, 0) is 43.6 Å². The molecule has 1 atom stereocenters. The van der Waals surface area contributed by atoms with Crippen LogP contribution in [0.2, 0.25) is 0 Å². The third-order valence-electron chi connectivity index (χ3n) is 3.74. The minimum atomic E-state index is 0.0298. The maximum atomic E-state index is 12.1. The molecule has 86 valence electrons. The molecule has 1 aliphatic carbocycles. The Hall–Kier alpha value is -0.810. The van der Waals surface area contributed by atoms with Gasteiger partial charge in [-0.25, -0.2) is 0 Å². The number of hydrogen-bond donors (Lipinski definition) is 0. The Labute approximate surface area is 98.2 Å². The molecule has 1 unspecified atom stereocenters. The monoisotopic (exact) mass is 238 g/mol. The second-order valence-corrected chi connectivity index (χ2v) is 5.34. The number of hydrogen-bond acceptors (Lipinski definition) is 5. The highest BCUT2D eigenvalue weighted by Crippen LogP contribution is 2.44. The molecule has 16 heavy (non-hydrogen) atoms. The van der Waals surface area contributed by atoms with Crippen molar-refractivity contribution in [1.82, 2.24) is 9.59 Å². The molecule has 1 saturated heterocycles. The van der Waals surface area contributed by atoms with Crippen LogP contribution in [0, 0.1) is 5.92 Å². The maximum absolute atomic E-state index is 12.1. The van der Waals surface area contributed by atoms with Gasteiger partial charge in [-0.2, -0.15) is 0 Å². The van der Waals surface area contributed by atoms with Crippen molar-refractivity contribution in [2.45, 2.75) is 37.7 Å². The molecule has 0 amide bonds. The molecule has 2 heterocycles. The molecule has 1 aromatic heterocycles. The van der Waals surface area contributed by atoms with E-state index in [1.165, 1.54) is 18.0 Å². The summed E-state index contributed by atoms with van der Waals surface area (Å²) in [5.74, 6) is 0.251. The number of ketones is 1. The SMILES string of the molecule is O=C(c1csnn1)C1CCOC2(CCC2)C1. The van der Waals surface area contributed by atoms with E-state index in [1.54, 1.807) is 5.38 Å². The average Bonchev–Trinajstić information content (AvgIpc) is 2.79. The summed E-state index contributed by atoms with van der Waals surface area (Å²) in [7, 11) is 0. The molecule has 1 aliphatic heterocycles. The van der Waals surface area contributed by atoms with Gasteiger partial charge in [0.25, 0.3) is 0 Å². The lowest BCUT2D eigenvalue weighted by Crippen LogP contribution is -2.47. The van der Waals surface area contributed by atoms with Gasteiger partial charge in [0.1, 0.15) is 5.69 Å². The largest absolute Gasteiger partial charge is 0.375 e. The van der Waals surface area contributed by atoms with E-state index < -0.39 is 0 Å². The Morgan fingerprint density at radius 1 is 1.56 bits per heavy atom. The fourth-order valence-corrected chi connectivity index (χ4v) is 3.10. The second kappa shape index (κ2) is 3.89. The highest BCUT2D eigenvalue weighted by Gasteiger charge is 2.44. The van der Waals surface area contributed by atoms with Crippen molar-refractivity contribution in [3.63, 3.8) is 0 Å².